The molecule has 6 heteroatoms. The van der Waals surface area contributed by atoms with E-state index in [0.29, 0.717) is 6.54 Å². The molecule has 4 nitrogen and oxygen atoms in total. The molecular weight excluding hydrogens is 272 g/mol. The van der Waals surface area contributed by atoms with Gasteiger partial charge >= 0.3 is 0 Å². The standard InChI is InChI=1S/C12H19ClN2O2S/c1-12(2,3)5-6-15(4)11(17)9-8(16)7(14)10(13)18-9/h16H,5-6,14H2,1-4H3. The second-order valence-electron chi connectivity index (χ2n) is 5.50. The van der Waals surface area contributed by atoms with E-state index in [0.717, 1.165) is 17.8 Å². The summed E-state index contributed by atoms with van der Waals surface area (Å²) < 4.78 is 0.250. The van der Waals surface area contributed by atoms with Crippen LogP contribution in [0, 0.1) is 5.41 Å². The molecule has 0 fully saturated rings. The summed E-state index contributed by atoms with van der Waals surface area (Å²) in [6, 6.07) is 0. The predicted octanol–water partition coefficient (Wildman–Crippen LogP) is 3.20. The van der Waals surface area contributed by atoms with E-state index in [1.165, 1.54) is 0 Å². The van der Waals surface area contributed by atoms with Crippen LogP contribution in [0.5, 0.6) is 5.75 Å². The van der Waals surface area contributed by atoms with Crippen LogP contribution in [0.3, 0.4) is 0 Å². The summed E-state index contributed by atoms with van der Waals surface area (Å²) in [6.45, 7) is 6.96. The van der Waals surface area contributed by atoms with Gasteiger partial charge in [-0.1, -0.05) is 32.4 Å². The maximum atomic E-state index is 12.1. The minimum atomic E-state index is -0.250. The van der Waals surface area contributed by atoms with Gasteiger partial charge in [-0.2, -0.15) is 0 Å². The molecule has 1 aromatic heterocycles. The number of hydrogen-bond acceptors (Lipinski definition) is 4. The van der Waals surface area contributed by atoms with Gasteiger partial charge in [-0.05, 0) is 11.8 Å². The summed E-state index contributed by atoms with van der Waals surface area (Å²) in [4.78, 5) is 13.9. The van der Waals surface area contributed by atoms with E-state index in [-0.39, 0.29) is 32.0 Å². The van der Waals surface area contributed by atoms with Gasteiger partial charge in [0.2, 0.25) is 0 Å². The van der Waals surface area contributed by atoms with Crippen molar-refractivity contribution in [3.05, 3.63) is 9.21 Å². The molecule has 0 aliphatic heterocycles. The minimum Gasteiger partial charge on any atom is -0.504 e. The van der Waals surface area contributed by atoms with Crippen LogP contribution in [0.2, 0.25) is 4.34 Å². The monoisotopic (exact) mass is 290 g/mol. The predicted molar refractivity (Wildman–Crippen MR) is 76.4 cm³/mol. The fraction of sp³-hybridized carbons (Fsp3) is 0.583. The number of amides is 1. The average Bonchev–Trinajstić information content (AvgIpc) is 2.52. The number of carbonyl (C=O) groups is 1. The number of aromatic hydroxyl groups is 1. The molecule has 0 aromatic carbocycles. The fourth-order valence-corrected chi connectivity index (χ4v) is 2.49. The first-order valence-corrected chi connectivity index (χ1v) is 6.85. The Labute approximate surface area is 116 Å². The number of thiophene rings is 1. The minimum absolute atomic E-state index is 0.0780. The molecule has 1 aromatic rings. The second-order valence-corrected chi connectivity index (χ2v) is 7.13. The molecule has 0 atom stereocenters. The molecule has 0 radical (unpaired) electrons. The van der Waals surface area contributed by atoms with Gasteiger partial charge in [0.15, 0.2) is 5.75 Å². The highest BCUT2D eigenvalue weighted by Crippen LogP contribution is 2.40. The molecular formula is C12H19ClN2O2S. The molecule has 1 heterocycles. The summed E-state index contributed by atoms with van der Waals surface area (Å²) in [5.41, 5.74) is 5.78. The zero-order valence-corrected chi connectivity index (χ0v) is 12.7. The van der Waals surface area contributed by atoms with Gasteiger partial charge < -0.3 is 15.7 Å². The molecule has 0 spiro atoms. The van der Waals surface area contributed by atoms with Crippen LogP contribution in [0.1, 0.15) is 36.9 Å². The summed E-state index contributed by atoms with van der Waals surface area (Å²) in [6.07, 6.45) is 0.880. The summed E-state index contributed by atoms with van der Waals surface area (Å²) >= 11 is 6.81. The van der Waals surface area contributed by atoms with Crippen LogP contribution < -0.4 is 5.73 Å². The number of anilines is 1. The maximum absolute atomic E-state index is 12.1. The SMILES string of the molecule is CN(CCC(C)(C)C)C(=O)c1sc(Cl)c(N)c1O. The van der Waals surface area contributed by atoms with Crippen molar-refractivity contribution in [3.8, 4) is 5.75 Å². The zero-order chi connectivity index (χ0) is 14.1. The first-order valence-electron chi connectivity index (χ1n) is 5.65. The van der Waals surface area contributed by atoms with Crippen molar-refractivity contribution in [2.45, 2.75) is 27.2 Å². The first-order chi connectivity index (χ1) is 8.13. The van der Waals surface area contributed by atoms with Crippen LogP contribution >= 0.6 is 22.9 Å². The van der Waals surface area contributed by atoms with E-state index in [2.05, 4.69) is 20.8 Å². The lowest BCUT2D eigenvalue weighted by molar-refractivity contribution is 0.0782. The molecule has 18 heavy (non-hydrogen) atoms. The maximum Gasteiger partial charge on any atom is 0.267 e. The van der Waals surface area contributed by atoms with Crippen molar-refractivity contribution in [2.75, 3.05) is 19.3 Å². The van der Waals surface area contributed by atoms with Crippen molar-refractivity contribution >= 4 is 34.5 Å². The molecule has 0 unspecified atom stereocenters. The van der Waals surface area contributed by atoms with Gasteiger partial charge in [-0.25, -0.2) is 0 Å². The topological polar surface area (TPSA) is 66.6 Å². The van der Waals surface area contributed by atoms with Gasteiger partial charge in [0.25, 0.3) is 5.91 Å². The lowest BCUT2D eigenvalue weighted by atomic mass is 9.92. The Morgan fingerprint density at radius 2 is 2.06 bits per heavy atom. The molecule has 3 N–H and O–H groups in total. The summed E-state index contributed by atoms with van der Waals surface area (Å²) in [5.74, 6) is -0.460. The number of nitrogens with two attached hydrogens (primary N) is 1. The number of hydrogen-bond donors (Lipinski definition) is 2. The van der Waals surface area contributed by atoms with Crippen molar-refractivity contribution in [2.24, 2.45) is 5.41 Å². The Hall–Kier alpha value is -0.940. The smallest absolute Gasteiger partial charge is 0.267 e. The normalized spacial score (nSPS) is 11.6. The van der Waals surface area contributed by atoms with Crippen molar-refractivity contribution in [1.82, 2.24) is 4.90 Å². The van der Waals surface area contributed by atoms with Crippen molar-refractivity contribution < 1.29 is 9.90 Å². The second kappa shape index (κ2) is 5.36. The lowest BCUT2D eigenvalue weighted by Crippen LogP contribution is -2.29. The van der Waals surface area contributed by atoms with Gasteiger partial charge in [-0.3, -0.25) is 4.79 Å². The third-order valence-electron chi connectivity index (χ3n) is 2.61. The largest absolute Gasteiger partial charge is 0.504 e. The van der Waals surface area contributed by atoms with Crippen molar-refractivity contribution in [1.29, 1.82) is 0 Å². The Balaban J connectivity index is 2.78. The quantitative estimate of drug-likeness (QED) is 0.898. The van der Waals surface area contributed by atoms with Crippen LogP contribution in [0.15, 0.2) is 0 Å². The van der Waals surface area contributed by atoms with E-state index >= 15 is 0 Å². The number of nitrogens with zero attached hydrogens (tertiary/aromatic N) is 1. The summed E-state index contributed by atoms with van der Waals surface area (Å²) in [5, 5.41) is 9.72. The third kappa shape index (κ3) is 3.53. The highest BCUT2D eigenvalue weighted by molar-refractivity contribution is 7.19. The Kier molecular flexibility index (Phi) is 4.50. The molecule has 0 bridgehead atoms. The number of carbonyl (C=O) groups excluding carboxylic acids is 1. The van der Waals surface area contributed by atoms with Gasteiger partial charge in [0.05, 0.1) is 0 Å². The molecule has 0 aliphatic carbocycles. The van der Waals surface area contributed by atoms with Gasteiger partial charge in [-0.15, -0.1) is 11.3 Å². The van der Waals surface area contributed by atoms with E-state index in [1.54, 1.807) is 11.9 Å². The molecule has 1 rings (SSSR count). The number of rotatable bonds is 3. The average molecular weight is 291 g/mol. The molecule has 0 saturated heterocycles. The van der Waals surface area contributed by atoms with Crippen LogP contribution in [-0.4, -0.2) is 29.5 Å². The van der Waals surface area contributed by atoms with E-state index in [9.17, 15) is 9.90 Å². The number of nitrogen functional groups attached to an aromatic ring is 1. The molecule has 102 valence electrons. The summed E-state index contributed by atoms with van der Waals surface area (Å²) in [7, 11) is 1.71. The third-order valence-corrected chi connectivity index (χ3v) is 4.02. The van der Waals surface area contributed by atoms with Gasteiger partial charge in [0.1, 0.15) is 14.9 Å². The fourth-order valence-electron chi connectivity index (χ4n) is 1.33. The van der Waals surface area contributed by atoms with Gasteiger partial charge in [0, 0.05) is 13.6 Å². The van der Waals surface area contributed by atoms with Crippen LogP contribution in [0.4, 0.5) is 5.69 Å². The zero-order valence-electron chi connectivity index (χ0n) is 11.1. The lowest BCUT2D eigenvalue weighted by Gasteiger charge is -2.23. The van der Waals surface area contributed by atoms with Crippen molar-refractivity contribution in [3.63, 3.8) is 0 Å². The highest BCUT2D eigenvalue weighted by Gasteiger charge is 2.23. The van der Waals surface area contributed by atoms with Crippen LogP contribution in [0.25, 0.3) is 0 Å². The molecule has 1 amide bonds. The molecule has 0 aliphatic rings. The Bertz CT molecular complexity index is 452. The van der Waals surface area contributed by atoms with Crippen LogP contribution in [-0.2, 0) is 0 Å². The van der Waals surface area contributed by atoms with E-state index in [1.807, 2.05) is 0 Å². The highest BCUT2D eigenvalue weighted by atomic mass is 35.5. The first kappa shape index (κ1) is 15.1. The Morgan fingerprint density at radius 3 is 2.44 bits per heavy atom. The van der Waals surface area contributed by atoms with E-state index < -0.39 is 0 Å². The van der Waals surface area contributed by atoms with E-state index in [4.69, 9.17) is 17.3 Å². The Morgan fingerprint density at radius 1 is 1.50 bits per heavy atom. The molecule has 0 saturated carbocycles. The number of halogens is 1.